The third kappa shape index (κ3) is 3.73. The first kappa shape index (κ1) is 18.5. The van der Waals surface area contributed by atoms with Crippen molar-refractivity contribution in [2.24, 2.45) is 0 Å². The van der Waals surface area contributed by atoms with E-state index < -0.39 is 0 Å². The topological polar surface area (TPSA) is 37.4 Å². The minimum atomic E-state index is -0.226. The summed E-state index contributed by atoms with van der Waals surface area (Å²) in [5.74, 6) is 0.235. The molecular formula is C24H21NO2S. The zero-order chi connectivity index (χ0) is 19.7. The van der Waals surface area contributed by atoms with Crippen LogP contribution in [0.1, 0.15) is 36.5 Å². The molecule has 1 saturated heterocycles. The van der Waals surface area contributed by atoms with Crippen LogP contribution in [-0.2, 0) is 11.3 Å². The molecule has 0 N–H and O–H groups in total. The van der Waals surface area contributed by atoms with E-state index in [-0.39, 0.29) is 11.1 Å². The number of fused-ring (bicyclic) bond motifs is 1. The third-order valence-electron chi connectivity index (χ3n) is 4.93. The van der Waals surface area contributed by atoms with Gasteiger partial charge in [-0.1, -0.05) is 74.5 Å². The molecule has 0 bridgehead atoms. The molecule has 0 spiro atoms. The van der Waals surface area contributed by atoms with Crippen molar-refractivity contribution in [3.05, 3.63) is 88.3 Å². The number of carbonyl (C=O) groups excluding carboxylic acids is 2. The minimum absolute atomic E-state index is 0.219. The summed E-state index contributed by atoms with van der Waals surface area (Å²) >= 11 is 1.01. The Morgan fingerprint density at radius 1 is 0.929 bits per heavy atom. The Kier molecular flexibility index (Phi) is 5.05. The number of amides is 2. The van der Waals surface area contributed by atoms with Crippen LogP contribution in [-0.4, -0.2) is 16.0 Å². The van der Waals surface area contributed by atoms with Crippen molar-refractivity contribution in [1.29, 1.82) is 0 Å². The van der Waals surface area contributed by atoms with Gasteiger partial charge in [-0.05, 0) is 57.3 Å². The lowest BCUT2D eigenvalue weighted by atomic mass is 10.0. The Hall–Kier alpha value is -2.85. The lowest BCUT2D eigenvalue weighted by molar-refractivity contribution is -0.123. The van der Waals surface area contributed by atoms with E-state index in [9.17, 15) is 9.59 Å². The monoisotopic (exact) mass is 387 g/mol. The van der Waals surface area contributed by atoms with Gasteiger partial charge in [0.1, 0.15) is 0 Å². The van der Waals surface area contributed by atoms with E-state index in [0.717, 1.165) is 33.7 Å². The smallest absolute Gasteiger partial charge is 0.268 e. The summed E-state index contributed by atoms with van der Waals surface area (Å²) in [7, 11) is 0. The molecule has 0 aromatic heterocycles. The van der Waals surface area contributed by atoms with Crippen molar-refractivity contribution < 1.29 is 9.59 Å². The molecule has 0 radical (unpaired) electrons. The molecule has 1 aliphatic rings. The van der Waals surface area contributed by atoms with Crippen molar-refractivity contribution in [2.45, 2.75) is 26.3 Å². The molecule has 2 amide bonds. The van der Waals surface area contributed by atoms with Crippen molar-refractivity contribution in [1.82, 2.24) is 4.90 Å². The molecule has 1 heterocycles. The van der Waals surface area contributed by atoms with Crippen molar-refractivity contribution in [3.8, 4) is 0 Å². The van der Waals surface area contributed by atoms with Crippen LogP contribution < -0.4 is 0 Å². The van der Waals surface area contributed by atoms with Crippen LogP contribution in [0.4, 0.5) is 4.79 Å². The zero-order valence-corrected chi connectivity index (χ0v) is 16.7. The summed E-state index contributed by atoms with van der Waals surface area (Å²) < 4.78 is 0. The van der Waals surface area contributed by atoms with Gasteiger partial charge in [0.25, 0.3) is 11.1 Å². The van der Waals surface area contributed by atoms with Crippen LogP contribution in [0.25, 0.3) is 16.8 Å². The number of hydrogen-bond acceptors (Lipinski definition) is 3. The summed E-state index contributed by atoms with van der Waals surface area (Å²) in [6.45, 7) is 4.58. The molecule has 1 aliphatic heterocycles. The molecule has 0 atom stereocenters. The molecule has 3 nitrogen and oxygen atoms in total. The number of imide groups is 1. The Balaban J connectivity index is 1.54. The first-order chi connectivity index (χ1) is 13.5. The highest BCUT2D eigenvalue weighted by Gasteiger charge is 2.34. The Labute approximate surface area is 169 Å². The Morgan fingerprint density at radius 2 is 1.64 bits per heavy atom. The molecule has 3 aromatic carbocycles. The fourth-order valence-corrected chi connectivity index (χ4v) is 4.12. The Bertz CT molecular complexity index is 1080. The second-order valence-electron chi connectivity index (χ2n) is 7.27. The standard InChI is InChI=1S/C24H21NO2S/c1-16(2)19-10-7-17(8-11-19)14-22-23(26)25(24(27)28-22)15-18-9-12-20-5-3-4-6-21(20)13-18/h3-14,16H,15H2,1-2H3/b22-14-. The van der Waals surface area contributed by atoms with Crippen LogP contribution >= 0.6 is 11.8 Å². The average Bonchev–Trinajstić information content (AvgIpc) is 2.95. The maximum absolute atomic E-state index is 12.8. The van der Waals surface area contributed by atoms with Crippen LogP contribution in [0, 0.1) is 0 Å². The fraction of sp³-hybridized carbons (Fsp3) is 0.167. The molecule has 0 aliphatic carbocycles. The van der Waals surface area contributed by atoms with E-state index >= 15 is 0 Å². The van der Waals surface area contributed by atoms with Gasteiger partial charge in [0, 0.05) is 0 Å². The summed E-state index contributed by atoms with van der Waals surface area (Å²) in [6, 6.07) is 22.2. The molecule has 0 saturated carbocycles. The van der Waals surface area contributed by atoms with Gasteiger partial charge in [-0.25, -0.2) is 0 Å². The van der Waals surface area contributed by atoms with Gasteiger partial charge in [-0.2, -0.15) is 0 Å². The second-order valence-corrected chi connectivity index (χ2v) is 8.26. The first-order valence-electron chi connectivity index (χ1n) is 9.34. The van der Waals surface area contributed by atoms with Gasteiger partial charge in [0.2, 0.25) is 0 Å². The zero-order valence-electron chi connectivity index (χ0n) is 15.9. The largest absolute Gasteiger partial charge is 0.293 e. The molecule has 3 aromatic rings. The molecule has 140 valence electrons. The fourth-order valence-electron chi connectivity index (χ4n) is 3.28. The van der Waals surface area contributed by atoms with E-state index in [0.29, 0.717) is 17.4 Å². The number of hydrogen-bond donors (Lipinski definition) is 0. The van der Waals surface area contributed by atoms with E-state index in [1.807, 2.05) is 54.6 Å². The maximum Gasteiger partial charge on any atom is 0.293 e. The molecule has 0 unspecified atom stereocenters. The number of carbonyl (C=O) groups is 2. The number of rotatable bonds is 4. The Morgan fingerprint density at radius 3 is 2.36 bits per heavy atom. The first-order valence-corrected chi connectivity index (χ1v) is 10.2. The van der Waals surface area contributed by atoms with E-state index in [2.05, 4.69) is 26.0 Å². The van der Waals surface area contributed by atoms with E-state index in [1.54, 1.807) is 6.08 Å². The van der Waals surface area contributed by atoms with Crippen molar-refractivity contribution in [3.63, 3.8) is 0 Å². The second kappa shape index (κ2) is 7.64. The van der Waals surface area contributed by atoms with Crippen LogP contribution in [0.3, 0.4) is 0 Å². The summed E-state index contributed by atoms with van der Waals surface area (Å²) in [6.07, 6.45) is 1.80. The molecule has 4 rings (SSSR count). The van der Waals surface area contributed by atoms with Crippen LogP contribution in [0.15, 0.2) is 71.6 Å². The molecular weight excluding hydrogens is 366 g/mol. The van der Waals surface area contributed by atoms with E-state index in [4.69, 9.17) is 0 Å². The average molecular weight is 388 g/mol. The number of benzene rings is 3. The van der Waals surface area contributed by atoms with Crippen LogP contribution in [0.2, 0.25) is 0 Å². The predicted octanol–water partition coefficient (Wildman–Crippen LogP) is 6.20. The summed E-state index contributed by atoms with van der Waals surface area (Å²) in [5, 5.41) is 2.03. The lowest BCUT2D eigenvalue weighted by Gasteiger charge is -2.13. The van der Waals surface area contributed by atoms with Gasteiger partial charge >= 0.3 is 0 Å². The minimum Gasteiger partial charge on any atom is -0.268 e. The number of nitrogens with zero attached hydrogens (tertiary/aromatic N) is 1. The van der Waals surface area contributed by atoms with Gasteiger partial charge < -0.3 is 0 Å². The van der Waals surface area contributed by atoms with Crippen molar-refractivity contribution in [2.75, 3.05) is 0 Å². The predicted molar refractivity (Wildman–Crippen MR) is 116 cm³/mol. The number of thioether (sulfide) groups is 1. The maximum atomic E-state index is 12.8. The molecule has 1 fully saturated rings. The lowest BCUT2D eigenvalue weighted by Crippen LogP contribution is -2.27. The van der Waals surface area contributed by atoms with Crippen LogP contribution in [0.5, 0.6) is 0 Å². The summed E-state index contributed by atoms with van der Waals surface area (Å²) in [5.41, 5.74) is 3.13. The quantitative estimate of drug-likeness (QED) is 0.500. The third-order valence-corrected chi connectivity index (χ3v) is 5.84. The highest BCUT2D eigenvalue weighted by atomic mass is 32.2. The van der Waals surface area contributed by atoms with Gasteiger partial charge in [-0.15, -0.1) is 0 Å². The van der Waals surface area contributed by atoms with Gasteiger partial charge in [0.15, 0.2) is 0 Å². The summed E-state index contributed by atoms with van der Waals surface area (Å²) in [4.78, 5) is 27.0. The highest BCUT2D eigenvalue weighted by Crippen LogP contribution is 2.33. The van der Waals surface area contributed by atoms with Gasteiger partial charge in [-0.3, -0.25) is 14.5 Å². The molecule has 4 heteroatoms. The van der Waals surface area contributed by atoms with E-state index in [1.165, 1.54) is 10.5 Å². The van der Waals surface area contributed by atoms with Gasteiger partial charge in [0.05, 0.1) is 11.4 Å². The normalized spacial score (nSPS) is 16.0. The SMILES string of the molecule is CC(C)c1ccc(/C=C2\SC(=O)N(Cc3ccc4ccccc4c3)C2=O)cc1. The van der Waals surface area contributed by atoms with Crippen molar-refractivity contribution >= 4 is 39.8 Å². The molecule has 28 heavy (non-hydrogen) atoms. The highest BCUT2D eigenvalue weighted by molar-refractivity contribution is 8.18.